The van der Waals surface area contributed by atoms with E-state index in [1.807, 2.05) is 6.92 Å². The van der Waals surface area contributed by atoms with Crippen LogP contribution in [0, 0.1) is 0 Å². The van der Waals surface area contributed by atoms with Crippen LogP contribution in [0.3, 0.4) is 0 Å². The minimum atomic E-state index is -3.81. The summed E-state index contributed by atoms with van der Waals surface area (Å²) < 4.78 is 41.0. The molecule has 0 saturated carbocycles. The average molecular weight is 399 g/mol. The molecule has 9 heteroatoms. The number of nitrogens with two attached hydrogens (primary N) is 1. The van der Waals surface area contributed by atoms with E-state index in [0.717, 1.165) is 0 Å². The van der Waals surface area contributed by atoms with E-state index < -0.39 is 19.2 Å². The fourth-order valence-corrected chi connectivity index (χ4v) is 5.06. The van der Waals surface area contributed by atoms with Gasteiger partial charge in [0.25, 0.3) is 0 Å². The molecule has 1 aromatic carbocycles. The lowest BCUT2D eigenvalue weighted by molar-refractivity contribution is -0.139. The Kier molecular flexibility index (Phi) is 7.30. The van der Waals surface area contributed by atoms with Gasteiger partial charge in [0.2, 0.25) is 5.88 Å². The maximum absolute atomic E-state index is 13.6. The van der Waals surface area contributed by atoms with Crippen molar-refractivity contribution in [1.29, 1.82) is 0 Å². The van der Waals surface area contributed by atoms with Crippen molar-refractivity contribution in [2.45, 2.75) is 33.4 Å². The summed E-state index contributed by atoms with van der Waals surface area (Å²) in [6.07, 6.45) is 0. The Bertz CT molecular complexity index is 752. The van der Waals surface area contributed by atoms with Gasteiger partial charge in [-0.15, -0.1) is 0 Å². The maximum Gasteiger partial charge on any atom is 0.343 e. The third kappa shape index (κ3) is 4.29. The molecule has 1 heterocycles. The number of carbonyl (C=O) groups excluding carboxylic acids is 1. The van der Waals surface area contributed by atoms with E-state index in [1.165, 1.54) is 0 Å². The summed E-state index contributed by atoms with van der Waals surface area (Å²) in [5, 5.41) is 0. The van der Waals surface area contributed by atoms with Crippen LogP contribution in [0.2, 0.25) is 0 Å². The van der Waals surface area contributed by atoms with Gasteiger partial charge in [-0.3, -0.25) is 4.57 Å². The highest BCUT2D eigenvalue weighted by molar-refractivity contribution is 7.54. The molecule has 2 rings (SSSR count). The van der Waals surface area contributed by atoms with Gasteiger partial charge in [-0.1, -0.05) is 12.1 Å². The number of para-hydroxylation sites is 1. The molecule has 0 aliphatic carbocycles. The molecule has 27 heavy (non-hydrogen) atoms. The van der Waals surface area contributed by atoms with Crippen molar-refractivity contribution in [1.82, 2.24) is 0 Å². The number of rotatable bonds is 9. The van der Waals surface area contributed by atoms with E-state index >= 15 is 0 Å². The normalized spacial score (nSPS) is 16.5. The van der Waals surface area contributed by atoms with Gasteiger partial charge in [-0.05, 0) is 33.8 Å². The predicted molar refractivity (Wildman–Crippen MR) is 99.7 cm³/mol. The van der Waals surface area contributed by atoms with Crippen LogP contribution < -0.4 is 15.2 Å². The smallest absolute Gasteiger partial charge is 0.343 e. The van der Waals surface area contributed by atoms with Crippen LogP contribution in [0.25, 0.3) is 0 Å². The second kappa shape index (κ2) is 9.26. The molecule has 0 spiro atoms. The Balaban J connectivity index is 2.71. The van der Waals surface area contributed by atoms with E-state index in [4.69, 9.17) is 29.0 Å². The van der Waals surface area contributed by atoms with Crippen LogP contribution in [-0.4, -0.2) is 32.4 Å². The van der Waals surface area contributed by atoms with Gasteiger partial charge in [0.1, 0.15) is 11.2 Å². The van der Waals surface area contributed by atoms with Crippen LogP contribution in [-0.2, 0) is 23.1 Å². The molecule has 0 amide bonds. The van der Waals surface area contributed by atoms with Crippen molar-refractivity contribution in [2.75, 3.05) is 26.4 Å². The summed E-state index contributed by atoms with van der Waals surface area (Å²) in [6.45, 7) is 7.66. The van der Waals surface area contributed by atoms with Gasteiger partial charge in [-0.2, -0.15) is 0 Å². The van der Waals surface area contributed by atoms with Gasteiger partial charge < -0.3 is 29.0 Å². The molecule has 0 radical (unpaired) electrons. The van der Waals surface area contributed by atoms with Gasteiger partial charge in [0.15, 0.2) is 11.5 Å². The minimum Gasteiger partial charge on any atom is -0.490 e. The molecule has 1 aromatic rings. The first kappa shape index (κ1) is 21.3. The fraction of sp³-hybridized carbons (Fsp3) is 0.500. The molecular formula is C18H26NO7P. The number of ether oxygens (including phenoxy) is 3. The third-order valence-electron chi connectivity index (χ3n) is 3.78. The zero-order valence-electron chi connectivity index (χ0n) is 16.0. The van der Waals surface area contributed by atoms with Crippen molar-refractivity contribution in [3.63, 3.8) is 0 Å². The molecule has 1 unspecified atom stereocenters. The third-order valence-corrected chi connectivity index (χ3v) is 6.19. The van der Waals surface area contributed by atoms with Gasteiger partial charge in [0.05, 0.1) is 26.4 Å². The molecule has 1 aliphatic rings. The Morgan fingerprint density at radius 2 is 1.78 bits per heavy atom. The second-order valence-electron chi connectivity index (χ2n) is 5.49. The van der Waals surface area contributed by atoms with Crippen LogP contribution in [0.15, 0.2) is 29.7 Å². The molecule has 0 fully saturated rings. The number of hydrogen-bond donors (Lipinski definition) is 1. The number of hydrogen-bond acceptors (Lipinski definition) is 8. The van der Waals surface area contributed by atoms with Crippen LogP contribution in [0.1, 0.15) is 38.9 Å². The quantitative estimate of drug-likeness (QED) is 0.497. The van der Waals surface area contributed by atoms with Crippen molar-refractivity contribution >= 4 is 13.6 Å². The zero-order valence-corrected chi connectivity index (χ0v) is 16.9. The molecule has 8 nitrogen and oxygen atoms in total. The largest absolute Gasteiger partial charge is 0.490 e. The van der Waals surface area contributed by atoms with Gasteiger partial charge in [0, 0.05) is 5.56 Å². The summed E-state index contributed by atoms with van der Waals surface area (Å²) in [5.41, 5.74) is 5.31. The van der Waals surface area contributed by atoms with Crippen molar-refractivity contribution in [3.05, 3.63) is 35.2 Å². The van der Waals surface area contributed by atoms with Crippen molar-refractivity contribution < 1.29 is 32.6 Å². The van der Waals surface area contributed by atoms with Crippen LogP contribution in [0.4, 0.5) is 0 Å². The SMILES string of the molecule is CCOC(=O)C1=C(N)Oc2c(OCC)cccc2C1P(=O)(OCC)OCC. The highest BCUT2D eigenvalue weighted by Crippen LogP contribution is 2.67. The summed E-state index contributed by atoms with van der Waals surface area (Å²) in [5.74, 6) is -0.232. The zero-order chi connectivity index (χ0) is 20.0. The lowest BCUT2D eigenvalue weighted by Crippen LogP contribution is -2.28. The van der Waals surface area contributed by atoms with Gasteiger partial charge in [-0.25, -0.2) is 4.79 Å². The lowest BCUT2D eigenvalue weighted by Gasteiger charge is -2.32. The van der Waals surface area contributed by atoms with E-state index in [0.29, 0.717) is 17.9 Å². The molecule has 0 bridgehead atoms. The Labute approximate surface area is 159 Å². The first-order valence-corrected chi connectivity index (χ1v) is 10.5. The number of carbonyl (C=O) groups is 1. The molecule has 2 N–H and O–H groups in total. The summed E-state index contributed by atoms with van der Waals surface area (Å²) in [4.78, 5) is 12.6. The highest BCUT2D eigenvalue weighted by Gasteiger charge is 2.48. The Hall–Kier alpha value is -2.02. The topological polar surface area (TPSA) is 106 Å². The Morgan fingerprint density at radius 3 is 2.33 bits per heavy atom. The monoisotopic (exact) mass is 399 g/mol. The Morgan fingerprint density at radius 1 is 1.11 bits per heavy atom. The lowest BCUT2D eigenvalue weighted by atomic mass is 10.0. The molecule has 0 saturated heterocycles. The predicted octanol–water partition coefficient (Wildman–Crippen LogP) is 3.52. The molecular weight excluding hydrogens is 373 g/mol. The number of benzene rings is 1. The maximum atomic E-state index is 13.6. The van der Waals surface area contributed by atoms with E-state index in [9.17, 15) is 9.36 Å². The van der Waals surface area contributed by atoms with Crippen molar-refractivity contribution in [3.8, 4) is 11.5 Å². The summed E-state index contributed by atoms with van der Waals surface area (Å²) >= 11 is 0. The average Bonchev–Trinajstić information content (AvgIpc) is 2.62. The number of fused-ring (bicyclic) bond motifs is 1. The van der Waals surface area contributed by atoms with E-state index in [-0.39, 0.29) is 37.0 Å². The van der Waals surface area contributed by atoms with Crippen LogP contribution >= 0.6 is 7.60 Å². The standard InChI is InChI=1S/C18H26NO7P/c1-5-22-13-11-9-10-12-15(13)26-17(19)14(18(20)23-6-2)16(12)27(21,24-7-3)25-8-4/h9-11,16H,5-8,19H2,1-4H3. The first-order valence-electron chi connectivity index (χ1n) is 8.92. The highest BCUT2D eigenvalue weighted by atomic mass is 31.2. The summed E-state index contributed by atoms with van der Waals surface area (Å²) in [7, 11) is -3.81. The van der Waals surface area contributed by atoms with E-state index in [2.05, 4.69) is 0 Å². The van der Waals surface area contributed by atoms with E-state index in [1.54, 1.807) is 39.0 Å². The van der Waals surface area contributed by atoms with Gasteiger partial charge >= 0.3 is 13.6 Å². The second-order valence-corrected chi connectivity index (χ2v) is 7.60. The first-order chi connectivity index (χ1) is 12.9. The van der Waals surface area contributed by atoms with Crippen molar-refractivity contribution in [2.24, 2.45) is 5.73 Å². The number of esters is 1. The molecule has 0 aromatic heterocycles. The minimum absolute atomic E-state index is 0.0803. The molecule has 1 aliphatic heterocycles. The van der Waals surface area contributed by atoms with Crippen LogP contribution in [0.5, 0.6) is 11.5 Å². The molecule has 150 valence electrons. The fourth-order valence-electron chi connectivity index (χ4n) is 2.88. The summed E-state index contributed by atoms with van der Waals surface area (Å²) in [6, 6.07) is 5.10. The molecule has 1 atom stereocenters.